The summed E-state index contributed by atoms with van der Waals surface area (Å²) < 4.78 is 39.8. The van der Waals surface area contributed by atoms with Crippen molar-refractivity contribution in [2.75, 3.05) is 0 Å². The smallest absolute Gasteiger partial charge is 0.406 e. The number of ether oxygens (including phenoxy) is 1. The van der Waals surface area contributed by atoms with Gasteiger partial charge in [-0.2, -0.15) is 0 Å². The van der Waals surface area contributed by atoms with Crippen LogP contribution in [0.4, 0.5) is 13.2 Å². The second-order valence-electron chi connectivity index (χ2n) is 4.48. The average molecular weight is 294 g/mol. The number of rotatable bonds is 5. The van der Waals surface area contributed by atoms with Crippen LogP contribution in [0.5, 0.6) is 5.75 Å². The third-order valence-electron chi connectivity index (χ3n) is 2.89. The van der Waals surface area contributed by atoms with Crippen LogP contribution >= 0.6 is 0 Å². The summed E-state index contributed by atoms with van der Waals surface area (Å²) in [7, 11) is 0. The van der Waals surface area contributed by atoms with Crippen LogP contribution < -0.4 is 4.74 Å². The number of ketones is 1. The maximum Gasteiger partial charge on any atom is 0.573 e. The van der Waals surface area contributed by atoms with Crippen molar-refractivity contribution in [3.63, 3.8) is 0 Å². The van der Waals surface area contributed by atoms with E-state index in [9.17, 15) is 18.0 Å². The Labute approximate surface area is 120 Å². The van der Waals surface area contributed by atoms with Crippen LogP contribution in [0.15, 0.2) is 54.6 Å². The van der Waals surface area contributed by atoms with Crippen LogP contribution in [-0.2, 0) is 6.42 Å². The van der Waals surface area contributed by atoms with Gasteiger partial charge in [-0.15, -0.1) is 13.2 Å². The lowest BCUT2D eigenvalue weighted by Crippen LogP contribution is -2.17. The molecular weight excluding hydrogens is 281 g/mol. The molecule has 0 bridgehead atoms. The van der Waals surface area contributed by atoms with Gasteiger partial charge in [0.2, 0.25) is 0 Å². The number of hydrogen-bond acceptors (Lipinski definition) is 2. The van der Waals surface area contributed by atoms with Gasteiger partial charge in [0.05, 0.1) is 0 Å². The predicted octanol–water partition coefficient (Wildman–Crippen LogP) is 4.40. The number of Topliss-reactive ketones (excluding diaryl/α,β-unsaturated/α-hetero) is 1. The Kier molecular flexibility index (Phi) is 4.62. The van der Waals surface area contributed by atoms with E-state index in [1.54, 1.807) is 24.3 Å². The molecule has 0 atom stereocenters. The van der Waals surface area contributed by atoms with Gasteiger partial charge in [0.25, 0.3) is 0 Å². The Morgan fingerprint density at radius 1 is 0.952 bits per heavy atom. The van der Waals surface area contributed by atoms with E-state index in [-0.39, 0.29) is 11.5 Å². The van der Waals surface area contributed by atoms with Crippen molar-refractivity contribution in [1.82, 2.24) is 0 Å². The highest BCUT2D eigenvalue weighted by Crippen LogP contribution is 2.23. The molecule has 0 aromatic heterocycles. The molecule has 2 aromatic carbocycles. The zero-order chi connectivity index (χ0) is 15.3. The van der Waals surface area contributed by atoms with Gasteiger partial charge in [0.15, 0.2) is 5.78 Å². The van der Waals surface area contributed by atoms with Crippen molar-refractivity contribution < 1.29 is 22.7 Å². The minimum atomic E-state index is -4.69. The van der Waals surface area contributed by atoms with E-state index in [2.05, 4.69) is 4.74 Å². The second kappa shape index (κ2) is 6.43. The van der Waals surface area contributed by atoms with E-state index in [0.717, 1.165) is 5.56 Å². The fourth-order valence-electron chi connectivity index (χ4n) is 1.88. The van der Waals surface area contributed by atoms with Crippen LogP contribution in [-0.4, -0.2) is 12.1 Å². The summed E-state index contributed by atoms with van der Waals surface area (Å²) in [5.41, 5.74) is 1.42. The molecule has 0 aliphatic heterocycles. The Balaban J connectivity index is 1.91. The van der Waals surface area contributed by atoms with Gasteiger partial charge in [-0.1, -0.05) is 42.5 Å². The maximum absolute atomic E-state index is 12.0. The standard InChI is InChI=1S/C16H13F3O2/c17-16(18,19)21-14-9-6-12(7-10-14)8-11-15(20)13-4-2-1-3-5-13/h1-7,9-10H,8,11H2. The van der Waals surface area contributed by atoms with Gasteiger partial charge in [-0.05, 0) is 24.1 Å². The first-order chi connectivity index (χ1) is 9.94. The lowest BCUT2D eigenvalue weighted by Gasteiger charge is -2.09. The SMILES string of the molecule is O=C(CCc1ccc(OC(F)(F)F)cc1)c1ccccc1. The van der Waals surface area contributed by atoms with E-state index in [0.29, 0.717) is 18.4 Å². The lowest BCUT2D eigenvalue weighted by molar-refractivity contribution is -0.274. The van der Waals surface area contributed by atoms with Gasteiger partial charge in [0.1, 0.15) is 5.75 Å². The molecule has 0 radical (unpaired) electrons. The van der Waals surface area contributed by atoms with Crippen LogP contribution in [0, 0.1) is 0 Å². The first-order valence-corrected chi connectivity index (χ1v) is 6.37. The molecule has 2 nitrogen and oxygen atoms in total. The third kappa shape index (κ3) is 4.95. The number of aryl methyl sites for hydroxylation is 1. The highest BCUT2D eigenvalue weighted by molar-refractivity contribution is 5.96. The molecule has 0 heterocycles. The zero-order valence-corrected chi connectivity index (χ0v) is 11.1. The number of benzene rings is 2. The quantitative estimate of drug-likeness (QED) is 0.764. The first kappa shape index (κ1) is 15.1. The summed E-state index contributed by atoms with van der Waals surface area (Å²) in [6, 6.07) is 14.4. The summed E-state index contributed by atoms with van der Waals surface area (Å²) in [5.74, 6) is -0.258. The van der Waals surface area contributed by atoms with Gasteiger partial charge in [-0.3, -0.25) is 4.79 Å². The Morgan fingerprint density at radius 2 is 1.57 bits per heavy atom. The van der Waals surface area contributed by atoms with E-state index in [1.165, 1.54) is 24.3 Å². The van der Waals surface area contributed by atoms with E-state index in [4.69, 9.17) is 0 Å². The summed E-state index contributed by atoms with van der Waals surface area (Å²) >= 11 is 0. The monoisotopic (exact) mass is 294 g/mol. The molecule has 0 saturated carbocycles. The molecule has 0 unspecified atom stereocenters. The largest absolute Gasteiger partial charge is 0.573 e. The highest BCUT2D eigenvalue weighted by atomic mass is 19.4. The lowest BCUT2D eigenvalue weighted by atomic mass is 10.0. The molecule has 5 heteroatoms. The van der Waals surface area contributed by atoms with Crippen molar-refractivity contribution in [2.24, 2.45) is 0 Å². The van der Waals surface area contributed by atoms with Crippen LogP contribution in [0.3, 0.4) is 0 Å². The molecule has 0 aliphatic carbocycles. The predicted molar refractivity (Wildman–Crippen MR) is 72.2 cm³/mol. The van der Waals surface area contributed by atoms with Crippen LogP contribution in [0.1, 0.15) is 22.3 Å². The molecule has 0 aliphatic rings. The number of halogens is 3. The maximum atomic E-state index is 12.0. The fourth-order valence-corrected chi connectivity index (χ4v) is 1.88. The molecular formula is C16H13F3O2. The van der Waals surface area contributed by atoms with E-state index in [1.807, 2.05) is 6.07 Å². The van der Waals surface area contributed by atoms with Crippen molar-refractivity contribution in [3.8, 4) is 5.75 Å². The fraction of sp³-hybridized carbons (Fsp3) is 0.188. The molecule has 0 saturated heterocycles. The summed E-state index contributed by atoms with van der Waals surface area (Å²) in [6.45, 7) is 0. The zero-order valence-electron chi connectivity index (χ0n) is 11.1. The number of carbonyl (C=O) groups excluding carboxylic acids is 1. The molecule has 0 spiro atoms. The number of alkyl halides is 3. The van der Waals surface area contributed by atoms with Gasteiger partial charge in [-0.25, -0.2) is 0 Å². The Morgan fingerprint density at radius 3 is 2.14 bits per heavy atom. The first-order valence-electron chi connectivity index (χ1n) is 6.37. The molecule has 2 aromatic rings. The average Bonchev–Trinajstić information content (AvgIpc) is 2.45. The Bertz CT molecular complexity index is 589. The van der Waals surface area contributed by atoms with Gasteiger partial charge >= 0.3 is 6.36 Å². The van der Waals surface area contributed by atoms with Crippen molar-refractivity contribution in [1.29, 1.82) is 0 Å². The van der Waals surface area contributed by atoms with E-state index >= 15 is 0 Å². The van der Waals surface area contributed by atoms with Crippen LogP contribution in [0.25, 0.3) is 0 Å². The Hall–Kier alpha value is -2.30. The molecule has 0 fully saturated rings. The minimum Gasteiger partial charge on any atom is -0.406 e. The molecule has 0 amide bonds. The normalized spacial score (nSPS) is 11.2. The van der Waals surface area contributed by atoms with Crippen molar-refractivity contribution in [3.05, 3.63) is 65.7 Å². The van der Waals surface area contributed by atoms with Gasteiger partial charge in [0, 0.05) is 12.0 Å². The highest BCUT2D eigenvalue weighted by Gasteiger charge is 2.30. The summed E-state index contributed by atoms with van der Waals surface area (Å²) in [6.07, 6.45) is -3.91. The topological polar surface area (TPSA) is 26.3 Å². The third-order valence-corrected chi connectivity index (χ3v) is 2.89. The molecule has 110 valence electrons. The minimum absolute atomic E-state index is 0.00576. The van der Waals surface area contributed by atoms with E-state index < -0.39 is 6.36 Å². The number of hydrogen-bond donors (Lipinski definition) is 0. The van der Waals surface area contributed by atoms with Crippen LogP contribution in [0.2, 0.25) is 0 Å². The second-order valence-corrected chi connectivity index (χ2v) is 4.48. The molecule has 21 heavy (non-hydrogen) atoms. The molecule has 2 rings (SSSR count). The van der Waals surface area contributed by atoms with Crippen molar-refractivity contribution in [2.45, 2.75) is 19.2 Å². The molecule has 0 N–H and O–H groups in total. The van der Waals surface area contributed by atoms with Crippen molar-refractivity contribution >= 4 is 5.78 Å². The summed E-state index contributed by atoms with van der Waals surface area (Å²) in [4.78, 5) is 11.9. The van der Waals surface area contributed by atoms with Gasteiger partial charge < -0.3 is 4.74 Å². The number of carbonyl (C=O) groups is 1. The summed E-state index contributed by atoms with van der Waals surface area (Å²) in [5, 5.41) is 0.